The molecule has 0 amide bonds. The zero-order chi connectivity index (χ0) is 18.6. The highest BCUT2D eigenvalue weighted by molar-refractivity contribution is 5.46. The van der Waals surface area contributed by atoms with Crippen molar-refractivity contribution in [3.8, 4) is 17.2 Å². The summed E-state index contributed by atoms with van der Waals surface area (Å²) in [5.74, 6) is 1.77. The second-order valence-electron chi connectivity index (χ2n) is 6.06. The Hall–Kier alpha value is -2.24. The summed E-state index contributed by atoms with van der Waals surface area (Å²) in [5, 5.41) is 20.5. The Balaban J connectivity index is 2.34. The van der Waals surface area contributed by atoms with Gasteiger partial charge in [-0.05, 0) is 55.2 Å². The van der Waals surface area contributed by atoms with E-state index in [4.69, 9.17) is 14.2 Å². The lowest BCUT2D eigenvalue weighted by atomic mass is 9.98. The van der Waals surface area contributed by atoms with Gasteiger partial charge in [0.15, 0.2) is 17.6 Å². The second-order valence-corrected chi connectivity index (χ2v) is 6.06. The largest absolute Gasteiger partial charge is 0.496 e. The van der Waals surface area contributed by atoms with Gasteiger partial charge in [0.05, 0.1) is 20.8 Å². The first kappa shape index (κ1) is 19.1. The Morgan fingerprint density at radius 1 is 0.960 bits per heavy atom. The molecule has 0 saturated carbocycles. The standard InChI is InChI=1S/C20H26O5/c1-12-7-6-8-16(23-4)20(12)25-18(11-21)19(22)15-9-13(2)14(3)17(10-15)24-5/h6-10,18-19,21-22H,11H2,1-5H3. The zero-order valence-corrected chi connectivity index (χ0v) is 15.4. The minimum atomic E-state index is -1.01. The number of aryl methyl sites for hydroxylation is 2. The van der Waals surface area contributed by atoms with Crippen LogP contribution < -0.4 is 14.2 Å². The molecule has 0 aliphatic heterocycles. The summed E-state index contributed by atoms with van der Waals surface area (Å²) in [5.41, 5.74) is 3.51. The predicted molar refractivity (Wildman–Crippen MR) is 96.7 cm³/mol. The van der Waals surface area contributed by atoms with Crippen molar-refractivity contribution < 1.29 is 24.4 Å². The molecular formula is C20H26O5. The molecule has 0 saturated heterocycles. The van der Waals surface area contributed by atoms with Gasteiger partial charge in [0.2, 0.25) is 0 Å². The highest BCUT2D eigenvalue weighted by Gasteiger charge is 2.25. The third-order valence-corrected chi connectivity index (χ3v) is 4.40. The molecule has 0 fully saturated rings. The first-order valence-electron chi connectivity index (χ1n) is 8.17. The van der Waals surface area contributed by atoms with E-state index in [1.165, 1.54) is 0 Å². The average molecular weight is 346 g/mol. The number of aliphatic hydroxyl groups is 2. The van der Waals surface area contributed by atoms with Crippen LogP contribution in [0.4, 0.5) is 0 Å². The molecule has 136 valence electrons. The Labute approximate surface area is 148 Å². The molecule has 0 aliphatic carbocycles. The maximum atomic E-state index is 10.8. The number of benzene rings is 2. The summed E-state index contributed by atoms with van der Waals surface area (Å²) < 4.78 is 16.6. The van der Waals surface area contributed by atoms with Gasteiger partial charge < -0.3 is 24.4 Å². The molecule has 2 atom stereocenters. The van der Waals surface area contributed by atoms with Crippen LogP contribution in [0.25, 0.3) is 0 Å². The Morgan fingerprint density at radius 2 is 1.64 bits per heavy atom. The van der Waals surface area contributed by atoms with Crippen LogP contribution in [0.15, 0.2) is 30.3 Å². The minimum absolute atomic E-state index is 0.339. The first-order valence-corrected chi connectivity index (χ1v) is 8.17. The molecule has 2 N–H and O–H groups in total. The average Bonchev–Trinajstić information content (AvgIpc) is 2.62. The van der Waals surface area contributed by atoms with Crippen LogP contribution in [-0.4, -0.2) is 37.1 Å². The molecule has 0 heterocycles. The quantitative estimate of drug-likeness (QED) is 0.806. The molecule has 0 bridgehead atoms. The number of hydrogen-bond donors (Lipinski definition) is 2. The summed E-state index contributed by atoms with van der Waals surface area (Å²) in [6.07, 6.45) is -1.84. The number of methoxy groups -OCH3 is 2. The molecule has 0 aromatic heterocycles. The van der Waals surface area contributed by atoms with E-state index >= 15 is 0 Å². The van der Waals surface area contributed by atoms with E-state index < -0.39 is 12.2 Å². The summed E-state index contributed by atoms with van der Waals surface area (Å²) in [6, 6.07) is 9.18. The highest BCUT2D eigenvalue weighted by Crippen LogP contribution is 2.34. The van der Waals surface area contributed by atoms with E-state index in [0.717, 1.165) is 16.7 Å². The Morgan fingerprint density at radius 3 is 2.24 bits per heavy atom. The fourth-order valence-corrected chi connectivity index (χ4v) is 2.74. The van der Waals surface area contributed by atoms with Crippen LogP contribution in [0.3, 0.4) is 0 Å². The second kappa shape index (κ2) is 8.23. The van der Waals surface area contributed by atoms with E-state index in [9.17, 15) is 10.2 Å². The van der Waals surface area contributed by atoms with E-state index in [1.807, 2.05) is 39.0 Å². The number of aliphatic hydroxyl groups excluding tert-OH is 2. The number of ether oxygens (including phenoxy) is 3. The molecular weight excluding hydrogens is 320 g/mol. The summed E-state index contributed by atoms with van der Waals surface area (Å²) in [7, 11) is 3.15. The van der Waals surface area contributed by atoms with Gasteiger partial charge in [0.1, 0.15) is 11.9 Å². The van der Waals surface area contributed by atoms with E-state index in [1.54, 1.807) is 26.4 Å². The van der Waals surface area contributed by atoms with Crippen LogP contribution in [-0.2, 0) is 0 Å². The van der Waals surface area contributed by atoms with Crippen molar-refractivity contribution in [2.24, 2.45) is 0 Å². The first-order chi connectivity index (χ1) is 11.9. The van der Waals surface area contributed by atoms with Gasteiger partial charge in [-0.15, -0.1) is 0 Å². The van der Waals surface area contributed by atoms with Crippen LogP contribution in [0.5, 0.6) is 17.2 Å². The van der Waals surface area contributed by atoms with Crippen molar-refractivity contribution in [3.05, 3.63) is 52.6 Å². The van der Waals surface area contributed by atoms with Gasteiger partial charge in [-0.2, -0.15) is 0 Å². The van der Waals surface area contributed by atoms with Gasteiger partial charge >= 0.3 is 0 Å². The van der Waals surface area contributed by atoms with Crippen LogP contribution in [0.2, 0.25) is 0 Å². The van der Waals surface area contributed by atoms with Crippen LogP contribution in [0, 0.1) is 20.8 Å². The molecule has 0 radical (unpaired) electrons. The molecule has 5 nitrogen and oxygen atoms in total. The van der Waals surface area contributed by atoms with Crippen molar-refractivity contribution in [2.45, 2.75) is 33.0 Å². The molecule has 5 heteroatoms. The Kier molecular flexibility index (Phi) is 6.28. The molecule has 2 aromatic rings. The van der Waals surface area contributed by atoms with E-state index in [0.29, 0.717) is 22.8 Å². The van der Waals surface area contributed by atoms with Crippen molar-refractivity contribution in [2.75, 3.05) is 20.8 Å². The lowest BCUT2D eigenvalue weighted by molar-refractivity contribution is -0.000869. The Bertz CT molecular complexity index is 726. The molecule has 25 heavy (non-hydrogen) atoms. The van der Waals surface area contributed by atoms with Crippen molar-refractivity contribution >= 4 is 0 Å². The number of rotatable bonds is 7. The number of para-hydroxylation sites is 1. The molecule has 2 rings (SSSR count). The van der Waals surface area contributed by atoms with Gasteiger partial charge in [-0.25, -0.2) is 0 Å². The summed E-state index contributed by atoms with van der Waals surface area (Å²) in [4.78, 5) is 0. The molecule has 2 aromatic carbocycles. The van der Waals surface area contributed by atoms with Crippen LogP contribution in [0.1, 0.15) is 28.4 Å². The van der Waals surface area contributed by atoms with Crippen LogP contribution >= 0.6 is 0 Å². The summed E-state index contributed by atoms with van der Waals surface area (Å²) >= 11 is 0. The minimum Gasteiger partial charge on any atom is -0.496 e. The number of hydrogen-bond acceptors (Lipinski definition) is 5. The third-order valence-electron chi connectivity index (χ3n) is 4.40. The lowest BCUT2D eigenvalue weighted by Gasteiger charge is -2.25. The topological polar surface area (TPSA) is 68.2 Å². The molecule has 0 aliphatic rings. The molecule has 2 unspecified atom stereocenters. The van der Waals surface area contributed by atoms with Gasteiger partial charge in [-0.3, -0.25) is 0 Å². The monoisotopic (exact) mass is 346 g/mol. The van der Waals surface area contributed by atoms with Gasteiger partial charge in [0.25, 0.3) is 0 Å². The smallest absolute Gasteiger partial charge is 0.164 e. The SMILES string of the molecule is COc1cc(C(O)C(CO)Oc2c(C)cccc2OC)cc(C)c1C. The van der Waals surface area contributed by atoms with Crippen molar-refractivity contribution in [3.63, 3.8) is 0 Å². The fourth-order valence-electron chi connectivity index (χ4n) is 2.74. The lowest BCUT2D eigenvalue weighted by Crippen LogP contribution is -2.29. The maximum absolute atomic E-state index is 10.8. The zero-order valence-electron chi connectivity index (χ0n) is 15.4. The summed E-state index contributed by atoms with van der Waals surface area (Å²) in [6.45, 7) is 5.46. The van der Waals surface area contributed by atoms with E-state index in [-0.39, 0.29) is 6.61 Å². The van der Waals surface area contributed by atoms with Crippen molar-refractivity contribution in [1.82, 2.24) is 0 Å². The van der Waals surface area contributed by atoms with E-state index in [2.05, 4.69) is 0 Å². The van der Waals surface area contributed by atoms with Crippen molar-refractivity contribution in [1.29, 1.82) is 0 Å². The maximum Gasteiger partial charge on any atom is 0.164 e. The normalized spacial score (nSPS) is 13.2. The molecule has 0 spiro atoms. The third kappa shape index (κ3) is 4.06. The predicted octanol–water partition coefficient (Wildman–Crippen LogP) is 3.10. The van der Waals surface area contributed by atoms with Gasteiger partial charge in [0, 0.05) is 0 Å². The fraction of sp³-hybridized carbons (Fsp3) is 0.400. The van der Waals surface area contributed by atoms with Gasteiger partial charge in [-0.1, -0.05) is 18.2 Å². The highest BCUT2D eigenvalue weighted by atomic mass is 16.5.